The summed E-state index contributed by atoms with van der Waals surface area (Å²) in [5, 5.41) is 7.38. The SMILES string of the molecule is CC(NCC(=O)NC(N)=O)C(=O)NC1CC1. The van der Waals surface area contributed by atoms with Gasteiger partial charge in [0, 0.05) is 6.04 Å². The number of nitrogens with two attached hydrogens (primary N) is 1. The highest BCUT2D eigenvalue weighted by molar-refractivity contribution is 5.94. The van der Waals surface area contributed by atoms with Crippen LogP contribution in [0.2, 0.25) is 0 Å². The van der Waals surface area contributed by atoms with Crippen molar-refractivity contribution in [2.24, 2.45) is 5.73 Å². The van der Waals surface area contributed by atoms with Crippen LogP contribution in [-0.2, 0) is 9.59 Å². The molecule has 0 aromatic heterocycles. The van der Waals surface area contributed by atoms with Crippen LogP contribution in [0.5, 0.6) is 0 Å². The van der Waals surface area contributed by atoms with Crippen LogP contribution in [0.4, 0.5) is 4.79 Å². The lowest BCUT2D eigenvalue weighted by Crippen LogP contribution is -2.48. The Morgan fingerprint density at radius 2 is 2.00 bits per heavy atom. The fourth-order valence-electron chi connectivity index (χ4n) is 1.07. The van der Waals surface area contributed by atoms with Gasteiger partial charge in [0.15, 0.2) is 0 Å². The van der Waals surface area contributed by atoms with Crippen LogP contribution >= 0.6 is 0 Å². The van der Waals surface area contributed by atoms with E-state index >= 15 is 0 Å². The number of imide groups is 1. The Kier molecular flexibility index (Phi) is 4.24. The van der Waals surface area contributed by atoms with Crippen LogP contribution in [0.1, 0.15) is 19.8 Å². The van der Waals surface area contributed by atoms with Crippen molar-refractivity contribution in [1.82, 2.24) is 16.0 Å². The van der Waals surface area contributed by atoms with Crippen molar-refractivity contribution in [2.75, 3.05) is 6.54 Å². The molecule has 0 spiro atoms. The van der Waals surface area contributed by atoms with E-state index < -0.39 is 18.0 Å². The van der Waals surface area contributed by atoms with E-state index in [1.807, 2.05) is 5.32 Å². The molecule has 0 aromatic carbocycles. The van der Waals surface area contributed by atoms with E-state index in [0.29, 0.717) is 0 Å². The average Bonchev–Trinajstić information content (AvgIpc) is 2.96. The van der Waals surface area contributed by atoms with Crippen molar-refractivity contribution in [2.45, 2.75) is 31.8 Å². The van der Waals surface area contributed by atoms with E-state index in [4.69, 9.17) is 5.73 Å². The van der Waals surface area contributed by atoms with Crippen LogP contribution in [0, 0.1) is 0 Å². The van der Waals surface area contributed by atoms with E-state index in [2.05, 4.69) is 10.6 Å². The lowest BCUT2D eigenvalue weighted by molar-refractivity contribution is -0.123. The summed E-state index contributed by atoms with van der Waals surface area (Å²) in [4.78, 5) is 32.8. The molecule has 1 fully saturated rings. The molecule has 4 amide bonds. The molecule has 1 aliphatic carbocycles. The molecule has 1 saturated carbocycles. The smallest absolute Gasteiger partial charge is 0.318 e. The predicted octanol–water partition coefficient (Wildman–Crippen LogP) is -1.56. The molecule has 7 heteroatoms. The molecule has 0 saturated heterocycles. The van der Waals surface area contributed by atoms with Crippen LogP contribution in [0.15, 0.2) is 0 Å². The van der Waals surface area contributed by atoms with E-state index in [1.165, 1.54) is 0 Å². The lowest BCUT2D eigenvalue weighted by atomic mass is 10.3. The molecule has 0 bridgehead atoms. The first kappa shape index (κ1) is 12.4. The molecular formula is C9H16N4O3. The minimum atomic E-state index is -0.901. The van der Waals surface area contributed by atoms with Crippen molar-refractivity contribution < 1.29 is 14.4 Å². The van der Waals surface area contributed by atoms with Gasteiger partial charge in [0.2, 0.25) is 11.8 Å². The molecule has 0 heterocycles. The first-order chi connectivity index (χ1) is 7.49. The third kappa shape index (κ3) is 4.74. The third-order valence-electron chi connectivity index (χ3n) is 2.15. The molecule has 7 nitrogen and oxygen atoms in total. The Hall–Kier alpha value is -1.63. The van der Waals surface area contributed by atoms with Crippen molar-refractivity contribution in [1.29, 1.82) is 0 Å². The summed E-state index contributed by atoms with van der Waals surface area (Å²) >= 11 is 0. The Morgan fingerprint density at radius 1 is 1.38 bits per heavy atom. The molecule has 16 heavy (non-hydrogen) atoms. The van der Waals surface area contributed by atoms with Gasteiger partial charge in [-0.3, -0.25) is 20.2 Å². The normalized spacial score (nSPS) is 16.3. The van der Waals surface area contributed by atoms with Crippen LogP contribution in [0.25, 0.3) is 0 Å². The van der Waals surface area contributed by atoms with E-state index in [0.717, 1.165) is 12.8 Å². The van der Waals surface area contributed by atoms with Crippen LogP contribution < -0.4 is 21.7 Å². The van der Waals surface area contributed by atoms with E-state index in [1.54, 1.807) is 6.92 Å². The largest absolute Gasteiger partial charge is 0.352 e. The summed E-state index contributed by atoms with van der Waals surface area (Å²) in [7, 11) is 0. The molecule has 90 valence electrons. The molecular weight excluding hydrogens is 212 g/mol. The summed E-state index contributed by atoms with van der Waals surface area (Å²) in [6.07, 6.45) is 2.03. The zero-order valence-electron chi connectivity index (χ0n) is 9.08. The maximum Gasteiger partial charge on any atom is 0.318 e. The number of carbonyl (C=O) groups is 3. The summed E-state index contributed by atoms with van der Waals surface area (Å²) in [6.45, 7) is 1.53. The van der Waals surface area contributed by atoms with Gasteiger partial charge >= 0.3 is 6.03 Å². The number of amides is 4. The molecule has 5 N–H and O–H groups in total. The van der Waals surface area contributed by atoms with Gasteiger partial charge in [0.25, 0.3) is 0 Å². The molecule has 1 unspecified atom stereocenters. The number of urea groups is 1. The van der Waals surface area contributed by atoms with Gasteiger partial charge in [0.05, 0.1) is 12.6 Å². The highest BCUT2D eigenvalue weighted by atomic mass is 16.2. The second-order valence-electron chi connectivity index (χ2n) is 3.80. The second-order valence-corrected chi connectivity index (χ2v) is 3.80. The highest BCUT2D eigenvalue weighted by Gasteiger charge is 2.25. The topological polar surface area (TPSA) is 113 Å². The van der Waals surface area contributed by atoms with E-state index in [9.17, 15) is 14.4 Å². The van der Waals surface area contributed by atoms with Gasteiger partial charge in [-0.2, -0.15) is 0 Å². The molecule has 0 radical (unpaired) electrons. The molecule has 1 rings (SSSR count). The predicted molar refractivity (Wildman–Crippen MR) is 56.4 cm³/mol. The summed E-state index contributed by atoms with van der Waals surface area (Å²) in [6, 6.07) is -1.09. The monoisotopic (exact) mass is 228 g/mol. The molecule has 1 aliphatic rings. The minimum Gasteiger partial charge on any atom is -0.352 e. The number of carbonyl (C=O) groups excluding carboxylic acids is 3. The third-order valence-corrected chi connectivity index (χ3v) is 2.15. The van der Waals surface area contributed by atoms with E-state index in [-0.39, 0.29) is 18.5 Å². The van der Waals surface area contributed by atoms with Gasteiger partial charge in [-0.25, -0.2) is 4.79 Å². The Labute approximate surface area is 93.1 Å². The molecule has 0 aromatic rings. The minimum absolute atomic E-state index is 0.123. The van der Waals surface area contributed by atoms with Crippen molar-refractivity contribution in [3.63, 3.8) is 0 Å². The van der Waals surface area contributed by atoms with Crippen molar-refractivity contribution >= 4 is 17.8 Å². The van der Waals surface area contributed by atoms with Gasteiger partial charge < -0.3 is 11.1 Å². The zero-order valence-corrected chi connectivity index (χ0v) is 9.08. The van der Waals surface area contributed by atoms with Gasteiger partial charge in [-0.1, -0.05) is 0 Å². The second kappa shape index (κ2) is 5.45. The Morgan fingerprint density at radius 3 is 2.50 bits per heavy atom. The number of hydrogen-bond acceptors (Lipinski definition) is 4. The van der Waals surface area contributed by atoms with Gasteiger partial charge in [-0.15, -0.1) is 0 Å². The summed E-state index contributed by atoms with van der Waals surface area (Å²) in [5.74, 6) is -0.701. The number of hydrogen-bond donors (Lipinski definition) is 4. The number of primary amides is 1. The first-order valence-corrected chi connectivity index (χ1v) is 5.12. The maximum absolute atomic E-state index is 11.4. The zero-order chi connectivity index (χ0) is 12.1. The van der Waals surface area contributed by atoms with Gasteiger partial charge in [-0.05, 0) is 19.8 Å². The average molecular weight is 228 g/mol. The van der Waals surface area contributed by atoms with Crippen molar-refractivity contribution in [3.05, 3.63) is 0 Å². The van der Waals surface area contributed by atoms with Gasteiger partial charge in [0.1, 0.15) is 0 Å². The van der Waals surface area contributed by atoms with Crippen LogP contribution in [-0.4, -0.2) is 36.5 Å². The highest BCUT2D eigenvalue weighted by Crippen LogP contribution is 2.18. The summed E-state index contributed by atoms with van der Waals surface area (Å²) in [5.41, 5.74) is 4.76. The van der Waals surface area contributed by atoms with Crippen molar-refractivity contribution in [3.8, 4) is 0 Å². The Balaban J connectivity index is 2.17. The van der Waals surface area contributed by atoms with Crippen LogP contribution in [0.3, 0.4) is 0 Å². The maximum atomic E-state index is 11.4. The first-order valence-electron chi connectivity index (χ1n) is 5.12. The lowest BCUT2D eigenvalue weighted by Gasteiger charge is -2.12. The molecule has 1 atom stereocenters. The fourth-order valence-corrected chi connectivity index (χ4v) is 1.07. The quantitative estimate of drug-likeness (QED) is 0.455. The fraction of sp³-hybridized carbons (Fsp3) is 0.667. The number of nitrogens with one attached hydrogen (secondary N) is 3. The standard InChI is InChI=1S/C9H16N4O3/c1-5(8(15)12-6-2-3-6)11-4-7(14)13-9(10)16/h5-6,11H,2-4H2,1H3,(H,12,15)(H3,10,13,14,16). The molecule has 0 aliphatic heterocycles. The Bertz CT molecular complexity index is 301. The number of rotatable bonds is 5. The summed E-state index contributed by atoms with van der Waals surface area (Å²) < 4.78 is 0.